The zero-order chi connectivity index (χ0) is 20.0. The highest BCUT2D eigenvalue weighted by molar-refractivity contribution is 9.10. The summed E-state index contributed by atoms with van der Waals surface area (Å²) in [6, 6.07) is 8.38. The Morgan fingerprint density at radius 1 is 1.21 bits per heavy atom. The third-order valence-corrected chi connectivity index (χ3v) is 6.12. The van der Waals surface area contributed by atoms with Gasteiger partial charge in [-0.05, 0) is 65.0 Å². The number of aromatic nitrogens is 4. The van der Waals surface area contributed by atoms with Gasteiger partial charge in [-0.3, -0.25) is 9.97 Å². The lowest BCUT2D eigenvalue weighted by Gasteiger charge is -2.32. The number of rotatable bonds is 3. The molecule has 4 aromatic rings. The lowest BCUT2D eigenvalue weighted by molar-refractivity contribution is 0.0542. The minimum absolute atomic E-state index is 0.145. The molecule has 29 heavy (non-hydrogen) atoms. The zero-order valence-corrected chi connectivity index (χ0v) is 17.7. The van der Waals surface area contributed by atoms with Gasteiger partial charge in [0.05, 0.1) is 22.8 Å². The summed E-state index contributed by atoms with van der Waals surface area (Å²) >= 11 is 9.78. The van der Waals surface area contributed by atoms with Crippen LogP contribution >= 0.6 is 27.5 Å². The predicted molar refractivity (Wildman–Crippen MR) is 114 cm³/mol. The van der Waals surface area contributed by atoms with Crippen LogP contribution in [0.4, 0.5) is 4.39 Å². The molecule has 0 bridgehead atoms. The Labute approximate surface area is 180 Å². The third-order valence-electron chi connectivity index (χ3n) is 5.48. The van der Waals surface area contributed by atoms with E-state index in [1.807, 2.05) is 12.1 Å². The van der Waals surface area contributed by atoms with Crippen LogP contribution in [-0.2, 0) is 4.74 Å². The van der Waals surface area contributed by atoms with E-state index in [1.165, 1.54) is 6.07 Å². The SMILES string of the molecule is Fc1cccnc1C(C1CCOCC1)n1c2cc(Br)cnc2c2ccc(Cl)nc21. The van der Waals surface area contributed by atoms with Gasteiger partial charge in [-0.25, -0.2) is 9.37 Å². The molecule has 1 saturated heterocycles. The minimum Gasteiger partial charge on any atom is -0.381 e. The summed E-state index contributed by atoms with van der Waals surface area (Å²) in [5, 5.41) is 1.26. The molecule has 5 heterocycles. The summed E-state index contributed by atoms with van der Waals surface area (Å²) in [5.41, 5.74) is 2.76. The molecular weight excluding hydrogens is 459 g/mol. The van der Waals surface area contributed by atoms with Crippen LogP contribution in [-0.4, -0.2) is 32.7 Å². The van der Waals surface area contributed by atoms with Crippen LogP contribution in [0.3, 0.4) is 0 Å². The molecule has 5 rings (SSSR count). The first-order valence-corrected chi connectivity index (χ1v) is 10.6. The minimum atomic E-state index is -0.345. The molecular formula is C21H17BrClFN4O. The maximum atomic E-state index is 15.0. The summed E-state index contributed by atoms with van der Waals surface area (Å²) in [7, 11) is 0. The Balaban J connectivity index is 1.86. The average Bonchev–Trinajstić information content (AvgIpc) is 3.03. The Morgan fingerprint density at radius 2 is 2.03 bits per heavy atom. The molecule has 0 aliphatic carbocycles. The first kappa shape index (κ1) is 18.9. The van der Waals surface area contributed by atoms with Gasteiger partial charge in [-0.1, -0.05) is 11.6 Å². The van der Waals surface area contributed by atoms with E-state index >= 15 is 0 Å². The van der Waals surface area contributed by atoms with Crippen molar-refractivity contribution >= 4 is 49.6 Å². The van der Waals surface area contributed by atoms with Crippen molar-refractivity contribution in [1.82, 2.24) is 19.5 Å². The number of nitrogens with zero attached hydrogens (tertiary/aromatic N) is 4. The monoisotopic (exact) mass is 474 g/mol. The largest absolute Gasteiger partial charge is 0.381 e. The molecule has 0 N–H and O–H groups in total. The molecule has 0 spiro atoms. The summed E-state index contributed by atoms with van der Waals surface area (Å²) < 4.78 is 23.4. The average molecular weight is 476 g/mol. The van der Waals surface area contributed by atoms with Gasteiger partial charge in [0, 0.05) is 35.5 Å². The van der Waals surface area contributed by atoms with Gasteiger partial charge in [0.2, 0.25) is 0 Å². The smallest absolute Gasteiger partial charge is 0.146 e. The van der Waals surface area contributed by atoms with Gasteiger partial charge >= 0.3 is 0 Å². The van der Waals surface area contributed by atoms with Crippen molar-refractivity contribution < 1.29 is 9.13 Å². The van der Waals surface area contributed by atoms with Crippen molar-refractivity contribution in [1.29, 1.82) is 0 Å². The molecule has 1 atom stereocenters. The predicted octanol–water partition coefficient (Wildman–Crippen LogP) is 5.55. The van der Waals surface area contributed by atoms with E-state index in [2.05, 4.69) is 35.4 Å². The maximum absolute atomic E-state index is 15.0. The van der Waals surface area contributed by atoms with E-state index in [0.717, 1.165) is 33.7 Å². The van der Waals surface area contributed by atoms with Gasteiger partial charge in [-0.15, -0.1) is 0 Å². The molecule has 4 aromatic heterocycles. The molecule has 0 amide bonds. The van der Waals surface area contributed by atoms with Gasteiger partial charge in [0.15, 0.2) is 0 Å². The van der Waals surface area contributed by atoms with Gasteiger partial charge in [-0.2, -0.15) is 0 Å². The van der Waals surface area contributed by atoms with Crippen LogP contribution < -0.4 is 0 Å². The van der Waals surface area contributed by atoms with E-state index in [9.17, 15) is 4.39 Å². The van der Waals surface area contributed by atoms with Gasteiger partial charge in [0.25, 0.3) is 0 Å². The summed E-state index contributed by atoms with van der Waals surface area (Å²) in [4.78, 5) is 13.7. The molecule has 0 radical (unpaired) electrons. The second-order valence-corrected chi connectivity index (χ2v) is 8.46. The highest BCUT2D eigenvalue weighted by atomic mass is 79.9. The van der Waals surface area contributed by atoms with E-state index in [0.29, 0.717) is 29.7 Å². The first-order valence-electron chi connectivity index (χ1n) is 9.43. The van der Waals surface area contributed by atoms with Crippen molar-refractivity contribution in [3.05, 3.63) is 63.9 Å². The Bertz CT molecular complexity index is 1150. The number of hydrogen-bond acceptors (Lipinski definition) is 4. The molecule has 8 heteroatoms. The van der Waals surface area contributed by atoms with Crippen LogP contribution in [0.2, 0.25) is 5.15 Å². The first-order chi connectivity index (χ1) is 14.1. The zero-order valence-electron chi connectivity index (χ0n) is 15.4. The van der Waals surface area contributed by atoms with E-state index in [1.54, 1.807) is 24.5 Å². The van der Waals surface area contributed by atoms with Gasteiger partial charge < -0.3 is 9.30 Å². The molecule has 0 saturated carbocycles. The molecule has 1 aliphatic heterocycles. The number of pyridine rings is 3. The van der Waals surface area contributed by atoms with Gasteiger partial charge in [0.1, 0.15) is 16.6 Å². The summed E-state index contributed by atoms with van der Waals surface area (Å²) in [6.45, 7) is 1.28. The highest BCUT2D eigenvalue weighted by Gasteiger charge is 2.33. The fourth-order valence-electron chi connectivity index (χ4n) is 4.21. The van der Waals surface area contributed by atoms with E-state index < -0.39 is 0 Å². The standard InChI is InChI=1S/C21H17BrClFN4O/c22-13-10-16-18(26-11-13)14-3-4-17(23)27-21(14)28(16)20(12-5-8-29-9-6-12)19-15(24)2-1-7-25-19/h1-4,7,10-12,20H,5-6,8-9H2. The quantitative estimate of drug-likeness (QED) is 0.365. The number of fused-ring (bicyclic) bond motifs is 3. The van der Waals surface area contributed by atoms with E-state index in [-0.39, 0.29) is 17.8 Å². The van der Waals surface area contributed by atoms with Crippen molar-refractivity contribution in [2.75, 3.05) is 13.2 Å². The lowest BCUT2D eigenvalue weighted by atomic mass is 9.88. The molecule has 1 fully saturated rings. The van der Waals surface area contributed by atoms with Crippen LogP contribution in [0.5, 0.6) is 0 Å². The molecule has 1 aliphatic rings. The van der Waals surface area contributed by atoms with Crippen molar-refractivity contribution in [2.24, 2.45) is 5.92 Å². The summed E-state index contributed by atoms with van der Waals surface area (Å²) in [5.74, 6) is -0.185. The second-order valence-electron chi connectivity index (χ2n) is 7.16. The number of ether oxygens (including phenoxy) is 1. The van der Waals surface area contributed by atoms with Crippen molar-refractivity contribution in [2.45, 2.75) is 18.9 Å². The fourth-order valence-corrected chi connectivity index (χ4v) is 4.67. The van der Waals surface area contributed by atoms with Crippen LogP contribution in [0.25, 0.3) is 22.1 Å². The Morgan fingerprint density at radius 3 is 2.83 bits per heavy atom. The summed E-state index contributed by atoms with van der Waals surface area (Å²) in [6.07, 6.45) is 5.01. The van der Waals surface area contributed by atoms with Crippen molar-refractivity contribution in [3.8, 4) is 0 Å². The number of hydrogen-bond donors (Lipinski definition) is 0. The lowest BCUT2D eigenvalue weighted by Crippen LogP contribution is -2.28. The topological polar surface area (TPSA) is 52.8 Å². The molecule has 5 nitrogen and oxygen atoms in total. The maximum Gasteiger partial charge on any atom is 0.146 e. The molecule has 1 unspecified atom stereocenters. The number of halogens is 3. The fraction of sp³-hybridized carbons (Fsp3) is 0.286. The van der Waals surface area contributed by atoms with Crippen LogP contribution in [0.1, 0.15) is 24.6 Å². The van der Waals surface area contributed by atoms with E-state index in [4.69, 9.17) is 16.3 Å². The molecule has 0 aromatic carbocycles. The third kappa shape index (κ3) is 3.31. The second kappa shape index (κ2) is 7.63. The normalized spacial score (nSPS) is 16.5. The molecule has 148 valence electrons. The van der Waals surface area contributed by atoms with Crippen molar-refractivity contribution in [3.63, 3.8) is 0 Å². The highest BCUT2D eigenvalue weighted by Crippen LogP contribution is 2.40. The van der Waals surface area contributed by atoms with Crippen LogP contribution in [0.15, 0.2) is 47.2 Å². The van der Waals surface area contributed by atoms with Crippen LogP contribution in [0, 0.1) is 11.7 Å². The Kier molecular flexibility index (Phi) is 4.97. The Hall–Kier alpha value is -2.09.